The smallest absolute Gasteiger partial charge is 0.291 e. The largest absolute Gasteiger partial charge is 0.370 e. The van der Waals surface area contributed by atoms with E-state index in [2.05, 4.69) is 4.98 Å². The molecule has 0 atom stereocenters. The molecule has 0 aliphatic carbocycles. The lowest BCUT2D eigenvalue weighted by molar-refractivity contribution is -0.133. The monoisotopic (exact) mass is 418 g/mol. The van der Waals surface area contributed by atoms with Crippen molar-refractivity contribution in [3.05, 3.63) is 60.2 Å². The van der Waals surface area contributed by atoms with E-state index in [1.807, 2.05) is 30.3 Å². The van der Waals surface area contributed by atoms with E-state index in [1.165, 1.54) is 9.47 Å². The Balaban J connectivity index is 1.87. The first-order valence-electron chi connectivity index (χ1n) is 8.94. The predicted octanol–water partition coefficient (Wildman–Crippen LogP) is 3.26. The highest BCUT2D eigenvalue weighted by molar-refractivity contribution is 7.99. The number of aromatic nitrogens is 2. The van der Waals surface area contributed by atoms with Crippen molar-refractivity contribution in [1.82, 2.24) is 14.5 Å². The fourth-order valence-corrected chi connectivity index (χ4v) is 3.55. The van der Waals surface area contributed by atoms with Crippen LogP contribution in [-0.4, -0.2) is 38.6 Å². The minimum atomic E-state index is -2.66. The number of thioether (sulfide) groups is 1. The SMILES string of the molecule is NC(=O)CCN(Cc1ccccc1)C(=O)Cn1c(SC(F)F)nc2ccccc21. The highest BCUT2D eigenvalue weighted by Gasteiger charge is 2.21. The maximum atomic E-state index is 13.0. The molecule has 0 fully saturated rings. The van der Waals surface area contributed by atoms with Crippen molar-refractivity contribution in [1.29, 1.82) is 0 Å². The molecular formula is C20H20F2N4O2S. The average molecular weight is 418 g/mol. The van der Waals surface area contributed by atoms with Gasteiger partial charge in [0.1, 0.15) is 6.54 Å². The van der Waals surface area contributed by atoms with Crippen LogP contribution >= 0.6 is 11.8 Å². The molecule has 2 N–H and O–H groups in total. The molecule has 6 nitrogen and oxygen atoms in total. The molecule has 2 amide bonds. The summed E-state index contributed by atoms with van der Waals surface area (Å²) in [5.74, 6) is -3.48. The van der Waals surface area contributed by atoms with Crippen molar-refractivity contribution in [2.24, 2.45) is 5.73 Å². The Morgan fingerprint density at radius 1 is 1.10 bits per heavy atom. The van der Waals surface area contributed by atoms with Crippen LogP contribution < -0.4 is 5.73 Å². The van der Waals surface area contributed by atoms with Crippen LogP contribution in [0.3, 0.4) is 0 Å². The zero-order chi connectivity index (χ0) is 20.8. The lowest BCUT2D eigenvalue weighted by Crippen LogP contribution is -2.36. The second kappa shape index (κ2) is 9.51. The lowest BCUT2D eigenvalue weighted by atomic mass is 10.2. The number of hydrogen-bond donors (Lipinski definition) is 1. The molecule has 2 aromatic carbocycles. The average Bonchev–Trinajstić information content (AvgIpc) is 3.02. The summed E-state index contributed by atoms with van der Waals surface area (Å²) in [6.45, 7) is 0.269. The fourth-order valence-electron chi connectivity index (χ4n) is 2.95. The first-order chi connectivity index (χ1) is 13.9. The number of carbonyl (C=O) groups excluding carboxylic acids is 2. The Morgan fingerprint density at radius 2 is 1.79 bits per heavy atom. The van der Waals surface area contributed by atoms with Crippen molar-refractivity contribution in [3.8, 4) is 0 Å². The van der Waals surface area contributed by atoms with Gasteiger partial charge in [0.25, 0.3) is 5.76 Å². The number of nitrogens with two attached hydrogens (primary N) is 1. The molecule has 9 heteroatoms. The third kappa shape index (κ3) is 5.54. The molecule has 29 heavy (non-hydrogen) atoms. The van der Waals surface area contributed by atoms with E-state index in [0.29, 0.717) is 22.8 Å². The number of fused-ring (bicyclic) bond motifs is 1. The molecule has 0 bridgehead atoms. The van der Waals surface area contributed by atoms with Crippen LogP contribution in [0.1, 0.15) is 12.0 Å². The Hall–Kier alpha value is -2.94. The van der Waals surface area contributed by atoms with E-state index in [0.717, 1.165) is 5.56 Å². The van der Waals surface area contributed by atoms with Gasteiger partial charge in [-0.3, -0.25) is 9.59 Å². The summed E-state index contributed by atoms with van der Waals surface area (Å²) < 4.78 is 27.5. The van der Waals surface area contributed by atoms with Gasteiger partial charge in [-0.15, -0.1) is 0 Å². The minimum absolute atomic E-state index is 0.0158. The molecule has 0 saturated carbocycles. The summed E-state index contributed by atoms with van der Waals surface area (Å²) in [5.41, 5.74) is 7.27. The molecule has 0 spiro atoms. The van der Waals surface area contributed by atoms with Crippen LogP contribution in [0.4, 0.5) is 8.78 Å². The minimum Gasteiger partial charge on any atom is -0.370 e. The van der Waals surface area contributed by atoms with Gasteiger partial charge in [-0.2, -0.15) is 8.78 Å². The Kier molecular flexibility index (Phi) is 6.82. The summed E-state index contributed by atoms with van der Waals surface area (Å²) in [5, 5.41) is 0.0733. The molecule has 0 radical (unpaired) electrons. The third-order valence-electron chi connectivity index (χ3n) is 4.30. The van der Waals surface area contributed by atoms with Crippen LogP contribution in [0.2, 0.25) is 0 Å². The second-order valence-electron chi connectivity index (χ2n) is 6.36. The lowest BCUT2D eigenvalue weighted by Gasteiger charge is -2.23. The van der Waals surface area contributed by atoms with Gasteiger partial charge >= 0.3 is 0 Å². The molecule has 0 aliphatic rings. The summed E-state index contributed by atoms with van der Waals surface area (Å²) >= 11 is 0.300. The van der Waals surface area contributed by atoms with Crippen molar-refractivity contribution in [2.75, 3.05) is 6.54 Å². The third-order valence-corrected chi connectivity index (χ3v) is 5.01. The Bertz CT molecular complexity index is 995. The normalized spacial score (nSPS) is 11.1. The molecule has 0 aliphatic heterocycles. The van der Waals surface area contributed by atoms with E-state index in [1.54, 1.807) is 24.3 Å². The number of amides is 2. The molecular weight excluding hydrogens is 398 g/mol. The molecule has 0 unspecified atom stereocenters. The molecule has 3 rings (SSSR count). The van der Waals surface area contributed by atoms with Crippen LogP contribution in [0, 0.1) is 0 Å². The van der Waals surface area contributed by atoms with Gasteiger partial charge < -0.3 is 15.2 Å². The maximum Gasteiger partial charge on any atom is 0.291 e. The van der Waals surface area contributed by atoms with Gasteiger partial charge in [0.2, 0.25) is 11.8 Å². The van der Waals surface area contributed by atoms with Crippen LogP contribution in [-0.2, 0) is 22.7 Å². The van der Waals surface area contributed by atoms with Gasteiger partial charge in [0, 0.05) is 19.5 Å². The van der Waals surface area contributed by atoms with E-state index in [-0.39, 0.29) is 37.1 Å². The first kappa shape index (κ1) is 20.8. The van der Waals surface area contributed by atoms with Gasteiger partial charge in [-0.1, -0.05) is 42.5 Å². The summed E-state index contributed by atoms with van der Waals surface area (Å²) in [4.78, 5) is 30.0. The summed E-state index contributed by atoms with van der Waals surface area (Å²) in [7, 11) is 0. The topological polar surface area (TPSA) is 81.2 Å². The van der Waals surface area contributed by atoms with Crippen molar-refractivity contribution in [2.45, 2.75) is 30.4 Å². The number of primary amides is 1. The number of rotatable bonds is 9. The Labute approximate surface area is 170 Å². The van der Waals surface area contributed by atoms with E-state index in [9.17, 15) is 18.4 Å². The number of alkyl halides is 2. The quantitative estimate of drug-likeness (QED) is 0.541. The van der Waals surface area contributed by atoms with Gasteiger partial charge in [-0.05, 0) is 29.5 Å². The number of halogens is 2. The van der Waals surface area contributed by atoms with Gasteiger partial charge in [0.15, 0.2) is 5.16 Å². The number of carbonyl (C=O) groups is 2. The van der Waals surface area contributed by atoms with Crippen LogP contribution in [0.25, 0.3) is 11.0 Å². The zero-order valence-corrected chi connectivity index (χ0v) is 16.3. The molecule has 1 heterocycles. The van der Waals surface area contributed by atoms with Gasteiger partial charge in [-0.25, -0.2) is 4.98 Å². The predicted molar refractivity (Wildman–Crippen MR) is 107 cm³/mol. The molecule has 152 valence electrons. The van der Waals surface area contributed by atoms with Crippen LogP contribution in [0.5, 0.6) is 0 Å². The maximum absolute atomic E-state index is 13.0. The molecule has 0 saturated heterocycles. The van der Waals surface area contributed by atoms with E-state index >= 15 is 0 Å². The van der Waals surface area contributed by atoms with E-state index < -0.39 is 11.7 Å². The van der Waals surface area contributed by atoms with Gasteiger partial charge in [0.05, 0.1) is 11.0 Å². The number of hydrogen-bond acceptors (Lipinski definition) is 4. The molecule has 3 aromatic rings. The van der Waals surface area contributed by atoms with Crippen molar-refractivity contribution in [3.63, 3.8) is 0 Å². The number of para-hydroxylation sites is 2. The number of benzene rings is 2. The standard InChI is InChI=1S/C20H20F2N4O2S/c21-19(22)29-20-24-15-8-4-5-9-16(15)26(20)13-18(28)25(11-10-17(23)27)12-14-6-2-1-3-7-14/h1-9,19H,10-13H2,(H2,23,27). The fraction of sp³-hybridized carbons (Fsp3) is 0.250. The number of nitrogens with zero attached hydrogens (tertiary/aromatic N) is 3. The highest BCUT2D eigenvalue weighted by Crippen LogP contribution is 2.28. The molecule has 1 aromatic heterocycles. The first-order valence-corrected chi connectivity index (χ1v) is 9.82. The van der Waals surface area contributed by atoms with Crippen LogP contribution in [0.15, 0.2) is 59.8 Å². The summed E-state index contributed by atoms with van der Waals surface area (Å²) in [6, 6.07) is 16.3. The second-order valence-corrected chi connectivity index (χ2v) is 7.32. The van der Waals surface area contributed by atoms with E-state index in [4.69, 9.17) is 5.73 Å². The summed E-state index contributed by atoms with van der Waals surface area (Å²) in [6.07, 6.45) is 0.0158. The zero-order valence-electron chi connectivity index (χ0n) is 15.5. The highest BCUT2D eigenvalue weighted by atomic mass is 32.2. The Morgan fingerprint density at radius 3 is 2.48 bits per heavy atom. The van der Waals surface area contributed by atoms with Crippen molar-refractivity contribution >= 4 is 34.6 Å². The van der Waals surface area contributed by atoms with Crippen molar-refractivity contribution < 1.29 is 18.4 Å². The number of imidazole rings is 1.